The Morgan fingerprint density at radius 3 is 2.77 bits per heavy atom. The topological polar surface area (TPSA) is 40.5 Å². The molecule has 0 aromatic rings. The Morgan fingerprint density at radius 1 is 1.54 bits per heavy atom. The number of carboxylic acids is 1. The van der Waals surface area contributed by atoms with Crippen LogP contribution in [0.4, 0.5) is 0 Å². The lowest BCUT2D eigenvalue weighted by Crippen LogP contribution is -2.23. The second-order valence-electron chi connectivity index (χ2n) is 4.77. The normalized spacial score (nSPS) is 40.2. The maximum atomic E-state index is 10.8. The molecule has 1 N–H and O–H groups in total. The van der Waals surface area contributed by atoms with Crippen LogP contribution in [0.15, 0.2) is 0 Å². The van der Waals surface area contributed by atoms with Gasteiger partial charge >= 0.3 is 5.97 Å². The van der Waals surface area contributed by atoms with Crippen LogP contribution in [0.1, 0.15) is 25.7 Å². The predicted molar refractivity (Wildman–Crippen MR) is 49.5 cm³/mol. The fraction of sp³-hybridized carbons (Fsp3) is 0.900. The third kappa shape index (κ3) is 1.57. The molecule has 1 saturated carbocycles. The van der Waals surface area contributed by atoms with Crippen LogP contribution in [0.3, 0.4) is 0 Å². The minimum Gasteiger partial charge on any atom is -0.481 e. The SMILES string of the molecule is CN1CCC2(CCC(C(=O)O)C2)C1. The molecule has 0 radical (unpaired) electrons. The maximum Gasteiger partial charge on any atom is 0.306 e. The van der Waals surface area contributed by atoms with Crippen molar-refractivity contribution < 1.29 is 9.90 Å². The molecule has 1 saturated heterocycles. The molecule has 1 heterocycles. The average molecular weight is 183 g/mol. The fourth-order valence-electron chi connectivity index (χ4n) is 2.95. The van der Waals surface area contributed by atoms with Crippen LogP contribution in [-0.4, -0.2) is 36.1 Å². The molecule has 0 amide bonds. The average Bonchev–Trinajstić information content (AvgIpc) is 2.61. The summed E-state index contributed by atoms with van der Waals surface area (Å²) in [4.78, 5) is 13.1. The molecular weight excluding hydrogens is 166 g/mol. The van der Waals surface area contributed by atoms with Gasteiger partial charge in [-0.3, -0.25) is 4.79 Å². The molecule has 0 bridgehead atoms. The molecule has 74 valence electrons. The first-order valence-electron chi connectivity index (χ1n) is 5.03. The first kappa shape index (κ1) is 9.00. The van der Waals surface area contributed by atoms with Crippen LogP contribution < -0.4 is 0 Å². The molecule has 2 rings (SSSR count). The summed E-state index contributed by atoms with van der Waals surface area (Å²) in [6, 6.07) is 0. The minimum absolute atomic E-state index is 0.0634. The van der Waals surface area contributed by atoms with E-state index in [1.165, 1.54) is 6.42 Å². The van der Waals surface area contributed by atoms with Crippen molar-refractivity contribution in [3.8, 4) is 0 Å². The number of hydrogen-bond acceptors (Lipinski definition) is 2. The van der Waals surface area contributed by atoms with Gasteiger partial charge in [0.1, 0.15) is 0 Å². The van der Waals surface area contributed by atoms with Crippen LogP contribution in [-0.2, 0) is 4.79 Å². The van der Waals surface area contributed by atoms with Crippen molar-refractivity contribution in [1.29, 1.82) is 0 Å². The Balaban J connectivity index is 2.01. The Hall–Kier alpha value is -0.570. The van der Waals surface area contributed by atoms with E-state index in [2.05, 4.69) is 11.9 Å². The highest BCUT2D eigenvalue weighted by molar-refractivity contribution is 5.70. The standard InChI is InChI=1S/C10H17NO2/c1-11-5-4-10(7-11)3-2-8(6-10)9(12)13/h8H,2-7H2,1H3,(H,12,13). The number of hydrogen-bond donors (Lipinski definition) is 1. The lowest BCUT2D eigenvalue weighted by molar-refractivity contribution is -0.141. The number of carboxylic acid groups (broad SMARTS) is 1. The minimum atomic E-state index is -0.591. The summed E-state index contributed by atoms with van der Waals surface area (Å²) in [5.74, 6) is -0.655. The van der Waals surface area contributed by atoms with Crippen molar-refractivity contribution >= 4 is 5.97 Å². The zero-order valence-corrected chi connectivity index (χ0v) is 8.12. The van der Waals surface area contributed by atoms with Crippen molar-refractivity contribution in [2.45, 2.75) is 25.7 Å². The van der Waals surface area contributed by atoms with Crippen molar-refractivity contribution in [2.24, 2.45) is 11.3 Å². The van der Waals surface area contributed by atoms with Gasteiger partial charge in [-0.1, -0.05) is 0 Å². The van der Waals surface area contributed by atoms with Crippen molar-refractivity contribution in [3.63, 3.8) is 0 Å². The Morgan fingerprint density at radius 2 is 2.31 bits per heavy atom. The summed E-state index contributed by atoms with van der Waals surface area (Å²) in [7, 11) is 2.13. The predicted octanol–water partition coefficient (Wildman–Crippen LogP) is 1.19. The third-order valence-corrected chi connectivity index (χ3v) is 3.68. The summed E-state index contributed by atoms with van der Waals surface area (Å²) in [5.41, 5.74) is 0.359. The molecule has 2 fully saturated rings. The third-order valence-electron chi connectivity index (χ3n) is 3.68. The molecule has 2 aliphatic rings. The highest BCUT2D eigenvalue weighted by Crippen LogP contribution is 2.47. The first-order chi connectivity index (χ1) is 6.11. The molecule has 13 heavy (non-hydrogen) atoms. The van der Waals surface area contributed by atoms with Gasteiger partial charge in [0, 0.05) is 6.54 Å². The second-order valence-corrected chi connectivity index (χ2v) is 4.77. The van der Waals surface area contributed by atoms with Crippen LogP contribution in [0.5, 0.6) is 0 Å². The molecule has 3 nitrogen and oxygen atoms in total. The van der Waals surface area contributed by atoms with Crippen LogP contribution in [0.25, 0.3) is 0 Å². The van der Waals surface area contributed by atoms with Crippen molar-refractivity contribution in [1.82, 2.24) is 4.90 Å². The fourth-order valence-corrected chi connectivity index (χ4v) is 2.95. The van der Waals surface area contributed by atoms with Gasteiger partial charge in [-0.15, -0.1) is 0 Å². The maximum absolute atomic E-state index is 10.8. The van der Waals surface area contributed by atoms with Gasteiger partial charge in [-0.2, -0.15) is 0 Å². The van der Waals surface area contributed by atoms with E-state index in [1.807, 2.05) is 0 Å². The summed E-state index contributed by atoms with van der Waals surface area (Å²) in [6.45, 7) is 2.25. The van der Waals surface area contributed by atoms with E-state index in [0.29, 0.717) is 5.41 Å². The van der Waals surface area contributed by atoms with Crippen molar-refractivity contribution in [2.75, 3.05) is 20.1 Å². The zero-order valence-electron chi connectivity index (χ0n) is 8.12. The lowest BCUT2D eigenvalue weighted by atomic mass is 9.84. The lowest BCUT2D eigenvalue weighted by Gasteiger charge is -2.22. The summed E-state index contributed by atoms with van der Waals surface area (Å²) >= 11 is 0. The van der Waals surface area contributed by atoms with E-state index in [1.54, 1.807) is 0 Å². The van der Waals surface area contributed by atoms with Gasteiger partial charge in [0.05, 0.1) is 5.92 Å². The Labute approximate surface area is 78.7 Å². The van der Waals surface area contributed by atoms with E-state index in [4.69, 9.17) is 5.11 Å². The summed E-state index contributed by atoms with van der Waals surface area (Å²) in [6.07, 6.45) is 4.12. The molecule has 3 heteroatoms. The van der Waals surface area contributed by atoms with Gasteiger partial charge in [0.15, 0.2) is 0 Å². The highest BCUT2D eigenvalue weighted by Gasteiger charge is 2.44. The van der Waals surface area contributed by atoms with Crippen LogP contribution >= 0.6 is 0 Å². The monoisotopic (exact) mass is 183 g/mol. The number of nitrogens with zero attached hydrogens (tertiary/aromatic N) is 1. The van der Waals surface area contributed by atoms with E-state index in [0.717, 1.165) is 32.4 Å². The molecule has 2 unspecified atom stereocenters. The van der Waals surface area contributed by atoms with E-state index in [9.17, 15) is 4.79 Å². The Kier molecular flexibility index (Phi) is 2.06. The first-order valence-corrected chi connectivity index (χ1v) is 5.03. The number of likely N-dealkylation sites (tertiary alicyclic amines) is 1. The van der Waals surface area contributed by atoms with Gasteiger partial charge < -0.3 is 10.0 Å². The van der Waals surface area contributed by atoms with Crippen molar-refractivity contribution in [3.05, 3.63) is 0 Å². The summed E-state index contributed by atoms with van der Waals surface area (Å²) in [5, 5.41) is 8.91. The second kappa shape index (κ2) is 2.98. The molecule has 0 aromatic heterocycles. The molecule has 1 spiro atoms. The molecule has 1 aliphatic heterocycles. The quantitative estimate of drug-likeness (QED) is 0.664. The van der Waals surface area contributed by atoms with E-state index in [-0.39, 0.29) is 5.92 Å². The smallest absolute Gasteiger partial charge is 0.306 e. The zero-order chi connectivity index (χ0) is 9.47. The molecule has 0 aromatic carbocycles. The van der Waals surface area contributed by atoms with E-state index >= 15 is 0 Å². The van der Waals surface area contributed by atoms with E-state index < -0.39 is 5.97 Å². The largest absolute Gasteiger partial charge is 0.481 e. The highest BCUT2D eigenvalue weighted by atomic mass is 16.4. The number of aliphatic carboxylic acids is 1. The van der Waals surface area contributed by atoms with Gasteiger partial charge in [-0.05, 0) is 44.7 Å². The molecule has 2 atom stereocenters. The van der Waals surface area contributed by atoms with Crippen LogP contribution in [0, 0.1) is 11.3 Å². The van der Waals surface area contributed by atoms with Gasteiger partial charge in [0.2, 0.25) is 0 Å². The molecular formula is C10H17NO2. The van der Waals surface area contributed by atoms with Gasteiger partial charge in [0.25, 0.3) is 0 Å². The number of rotatable bonds is 1. The molecule has 1 aliphatic carbocycles. The van der Waals surface area contributed by atoms with Crippen LogP contribution in [0.2, 0.25) is 0 Å². The number of carbonyl (C=O) groups is 1. The Bertz CT molecular complexity index is 229. The summed E-state index contributed by atoms with van der Waals surface area (Å²) < 4.78 is 0. The van der Waals surface area contributed by atoms with Gasteiger partial charge in [-0.25, -0.2) is 0 Å².